The Bertz CT molecular complexity index is 921. The molecule has 0 bridgehead atoms. The second kappa shape index (κ2) is 7.09. The van der Waals surface area contributed by atoms with E-state index in [2.05, 4.69) is 30.9 Å². The lowest BCUT2D eigenvalue weighted by molar-refractivity contribution is 0.158. The Kier molecular flexibility index (Phi) is 5.05. The second-order valence-electron chi connectivity index (χ2n) is 4.97. The summed E-state index contributed by atoms with van der Waals surface area (Å²) in [5, 5.41) is -0.179. The van der Waals surface area contributed by atoms with Gasteiger partial charge in [-0.3, -0.25) is 0 Å². The first-order valence-electron chi connectivity index (χ1n) is 6.84. The fourth-order valence-corrected chi connectivity index (χ4v) is 2.91. The minimum absolute atomic E-state index is 0.0335. The van der Waals surface area contributed by atoms with Crippen LogP contribution in [0.2, 0.25) is 5.28 Å². The van der Waals surface area contributed by atoms with Crippen LogP contribution in [0.5, 0.6) is 0 Å². The van der Waals surface area contributed by atoms with Crippen molar-refractivity contribution < 1.29 is 17.6 Å². The van der Waals surface area contributed by atoms with E-state index in [0.29, 0.717) is 4.47 Å². The predicted octanol–water partition coefficient (Wildman–Crippen LogP) is 5.12. The lowest BCUT2D eigenvalue weighted by atomic mass is 10.2. The highest BCUT2D eigenvalue weighted by Gasteiger charge is 2.21. The van der Waals surface area contributed by atoms with Crippen molar-refractivity contribution in [3.63, 3.8) is 0 Å². The molecule has 130 valence electrons. The molecule has 3 aromatic rings. The summed E-state index contributed by atoms with van der Waals surface area (Å²) in [6, 6.07) is 4.72. The number of hydrogen-bond acceptors (Lipinski definition) is 4. The van der Waals surface area contributed by atoms with Crippen molar-refractivity contribution in [2.24, 2.45) is 0 Å². The Balaban J connectivity index is 2.26. The van der Waals surface area contributed by atoms with Gasteiger partial charge in [-0.1, -0.05) is 15.9 Å². The number of pyridine rings is 1. The predicted molar refractivity (Wildman–Crippen MR) is 89.4 cm³/mol. The number of halogens is 6. The van der Waals surface area contributed by atoms with E-state index in [9.17, 15) is 17.6 Å². The van der Waals surface area contributed by atoms with Crippen molar-refractivity contribution in [3.05, 3.63) is 51.9 Å². The molecule has 25 heavy (non-hydrogen) atoms. The third kappa shape index (κ3) is 3.98. The van der Waals surface area contributed by atoms with Crippen LogP contribution in [-0.4, -0.2) is 27.9 Å². The van der Waals surface area contributed by atoms with Crippen LogP contribution in [0, 0.1) is 11.6 Å². The van der Waals surface area contributed by atoms with Crippen LogP contribution in [0.15, 0.2) is 34.9 Å². The number of aromatic nitrogens is 3. The molecule has 0 aliphatic rings. The fraction of sp³-hybridized carbons (Fsp3) is 0.133. The molecule has 0 atom stereocenters. The van der Waals surface area contributed by atoms with E-state index in [4.69, 9.17) is 11.6 Å². The maximum atomic E-state index is 13.7. The van der Waals surface area contributed by atoms with Crippen LogP contribution >= 0.6 is 27.5 Å². The smallest absolute Gasteiger partial charge is 0.256 e. The summed E-state index contributed by atoms with van der Waals surface area (Å²) >= 11 is 8.95. The number of nitrogens with zero attached hydrogens (tertiary/aromatic N) is 4. The second-order valence-corrected chi connectivity index (χ2v) is 6.22. The third-order valence-corrected chi connectivity index (χ3v) is 3.83. The molecular weight excluding hydrogens is 428 g/mol. The van der Waals surface area contributed by atoms with Crippen molar-refractivity contribution in [2.75, 3.05) is 11.4 Å². The Labute approximate surface area is 152 Å². The molecule has 0 saturated carbocycles. The van der Waals surface area contributed by atoms with Gasteiger partial charge >= 0.3 is 0 Å². The summed E-state index contributed by atoms with van der Waals surface area (Å²) in [5.41, 5.74) is 0.124. The van der Waals surface area contributed by atoms with Gasteiger partial charge in [0.15, 0.2) is 5.65 Å². The Morgan fingerprint density at radius 2 is 1.84 bits per heavy atom. The van der Waals surface area contributed by atoms with Gasteiger partial charge in [0.1, 0.15) is 17.5 Å². The molecular formula is C15H8BrClF4N4. The molecule has 0 amide bonds. The zero-order valence-electron chi connectivity index (χ0n) is 12.2. The first-order valence-corrected chi connectivity index (χ1v) is 8.01. The van der Waals surface area contributed by atoms with Gasteiger partial charge in [0, 0.05) is 10.2 Å². The zero-order valence-corrected chi connectivity index (χ0v) is 14.6. The van der Waals surface area contributed by atoms with Crippen LogP contribution in [0.1, 0.15) is 0 Å². The summed E-state index contributed by atoms with van der Waals surface area (Å²) in [4.78, 5) is 12.6. The first kappa shape index (κ1) is 17.8. The number of rotatable bonds is 4. The molecule has 0 unspecified atom stereocenters. The lowest BCUT2D eigenvalue weighted by Crippen LogP contribution is -2.25. The molecule has 0 spiro atoms. The zero-order chi connectivity index (χ0) is 18.1. The van der Waals surface area contributed by atoms with E-state index >= 15 is 0 Å². The highest BCUT2D eigenvalue weighted by atomic mass is 79.9. The van der Waals surface area contributed by atoms with E-state index in [1.165, 1.54) is 12.1 Å². The van der Waals surface area contributed by atoms with Gasteiger partial charge in [0.25, 0.3) is 6.43 Å². The summed E-state index contributed by atoms with van der Waals surface area (Å²) in [6.07, 6.45) is -1.85. The SMILES string of the molecule is Fc1cc(Br)cc(N(CC(F)F)c2nc(Cl)nc3ncc(F)cc23)c1. The Morgan fingerprint density at radius 3 is 2.52 bits per heavy atom. The normalized spacial score (nSPS) is 11.3. The molecule has 0 fully saturated rings. The lowest BCUT2D eigenvalue weighted by Gasteiger charge is -2.25. The van der Waals surface area contributed by atoms with Crippen LogP contribution < -0.4 is 4.90 Å². The van der Waals surface area contributed by atoms with Gasteiger partial charge < -0.3 is 4.90 Å². The minimum Gasteiger partial charge on any atom is -0.320 e. The van der Waals surface area contributed by atoms with Crippen molar-refractivity contribution in [2.45, 2.75) is 6.43 Å². The number of alkyl halides is 2. The molecule has 4 nitrogen and oxygen atoms in total. The molecule has 1 aromatic carbocycles. The van der Waals surface area contributed by atoms with Gasteiger partial charge in [-0.25, -0.2) is 22.5 Å². The number of anilines is 2. The molecule has 0 aliphatic heterocycles. The standard InChI is InChI=1S/C15H8BrClF4N4/c16-7-1-8(18)3-10(2-7)25(6-12(20)21)14-11-4-9(19)5-22-13(11)23-15(17)24-14/h1-5,12H,6H2. The summed E-state index contributed by atoms with van der Waals surface area (Å²) in [6.45, 7) is -0.811. The topological polar surface area (TPSA) is 41.9 Å². The molecule has 2 heterocycles. The van der Waals surface area contributed by atoms with E-state index in [1.807, 2.05) is 0 Å². The van der Waals surface area contributed by atoms with Crippen LogP contribution in [-0.2, 0) is 0 Å². The average Bonchev–Trinajstić information content (AvgIpc) is 2.51. The molecule has 0 saturated heterocycles. The van der Waals surface area contributed by atoms with Crippen molar-refractivity contribution in [3.8, 4) is 0 Å². The van der Waals surface area contributed by atoms with Gasteiger partial charge in [-0.2, -0.15) is 9.97 Å². The number of benzene rings is 1. The van der Waals surface area contributed by atoms with Gasteiger partial charge in [0.2, 0.25) is 5.28 Å². The molecule has 3 rings (SSSR count). The average molecular weight is 436 g/mol. The van der Waals surface area contributed by atoms with Crippen molar-refractivity contribution >= 4 is 50.1 Å². The summed E-state index contributed by atoms with van der Waals surface area (Å²) in [7, 11) is 0. The van der Waals surface area contributed by atoms with E-state index < -0.39 is 24.6 Å². The van der Waals surface area contributed by atoms with Crippen LogP contribution in [0.3, 0.4) is 0 Å². The molecule has 10 heteroatoms. The number of hydrogen-bond donors (Lipinski definition) is 0. The summed E-state index contributed by atoms with van der Waals surface area (Å²) in [5.74, 6) is -1.44. The number of fused-ring (bicyclic) bond motifs is 1. The first-order chi connectivity index (χ1) is 11.8. The monoisotopic (exact) mass is 434 g/mol. The van der Waals surface area contributed by atoms with Gasteiger partial charge in [-0.05, 0) is 35.9 Å². The molecule has 2 aromatic heterocycles. The van der Waals surface area contributed by atoms with Gasteiger partial charge in [0.05, 0.1) is 18.1 Å². The van der Waals surface area contributed by atoms with Crippen LogP contribution in [0.4, 0.5) is 29.1 Å². The van der Waals surface area contributed by atoms with E-state index in [1.54, 1.807) is 0 Å². The molecule has 0 radical (unpaired) electrons. The molecule has 0 N–H and O–H groups in total. The van der Waals surface area contributed by atoms with Crippen molar-refractivity contribution in [1.82, 2.24) is 15.0 Å². The van der Waals surface area contributed by atoms with Gasteiger partial charge in [-0.15, -0.1) is 0 Å². The third-order valence-electron chi connectivity index (χ3n) is 3.21. The Hall–Kier alpha value is -2.00. The maximum Gasteiger partial charge on any atom is 0.256 e. The largest absolute Gasteiger partial charge is 0.320 e. The highest BCUT2D eigenvalue weighted by molar-refractivity contribution is 9.10. The minimum atomic E-state index is -2.77. The quantitative estimate of drug-likeness (QED) is 0.421. The van der Waals surface area contributed by atoms with E-state index in [-0.39, 0.29) is 27.8 Å². The maximum absolute atomic E-state index is 13.7. The van der Waals surface area contributed by atoms with E-state index in [0.717, 1.165) is 23.2 Å². The fourth-order valence-electron chi connectivity index (χ4n) is 2.30. The highest BCUT2D eigenvalue weighted by Crippen LogP contribution is 2.33. The molecule has 0 aliphatic carbocycles. The van der Waals surface area contributed by atoms with Crippen molar-refractivity contribution in [1.29, 1.82) is 0 Å². The Morgan fingerprint density at radius 1 is 1.08 bits per heavy atom. The summed E-state index contributed by atoms with van der Waals surface area (Å²) < 4.78 is 53.9. The van der Waals surface area contributed by atoms with Crippen LogP contribution in [0.25, 0.3) is 11.0 Å².